The minimum Gasteiger partial charge on any atom is -0.378 e. The smallest absolute Gasteiger partial charge is 0.223 e. The third-order valence-corrected chi connectivity index (χ3v) is 4.70. The number of hydrogen-bond acceptors (Lipinski definition) is 7. The number of aromatic nitrogens is 4. The molecule has 1 atom stereocenters. The zero-order valence-corrected chi connectivity index (χ0v) is 13.7. The molecular weight excluding hydrogens is 306 g/mol. The van der Waals surface area contributed by atoms with Gasteiger partial charge in [-0.3, -0.25) is 0 Å². The van der Waals surface area contributed by atoms with Crippen LogP contribution in [0.5, 0.6) is 0 Å². The van der Waals surface area contributed by atoms with E-state index in [-0.39, 0.29) is 0 Å². The molecule has 0 aliphatic carbocycles. The molecule has 0 bridgehead atoms. The number of ether oxygens (including phenoxy) is 1. The molecule has 3 N–H and O–H groups in total. The number of piperidine rings is 1. The van der Waals surface area contributed by atoms with E-state index in [2.05, 4.69) is 29.7 Å². The molecule has 4 heterocycles. The van der Waals surface area contributed by atoms with Crippen molar-refractivity contribution in [1.82, 2.24) is 19.9 Å². The average Bonchev–Trinajstić information content (AvgIpc) is 3.17. The highest BCUT2D eigenvalue weighted by Crippen LogP contribution is 2.29. The van der Waals surface area contributed by atoms with Crippen LogP contribution in [0.15, 0.2) is 18.5 Å². The molecule has 4 rings (SSSR count). The number of rotatable bonds is 3. The monoisotopic (exact) mass is 329 g/mol. The van der Waals surface area contributed by atoms with Crippen LogP contribution in [0.2, 0.25) is 0 Å². The standard InChI is InChI=1S/C16H23N7O/c17-16-20-13(22-6-8-24-9-7-22)10-14(21-16)23-5-1-2-12(11-23)15-18-3-4-19-15/h3-4,10,12H,1-2,5-9,11H2,(H,18,19)(H2,17,20,21)/t12-/m1/s1. The molecule has 0 unspecified atom stereocenters. The first-order valence-corrected chi connectivity index (χ1v) is 8.51. The Labute approximate surface area is 141 Å². The zero-order chi connectivity index (χ0) is 16.4. The Balaban J connectivity index is 1.55. The van der Waals surface area contributed by atoms with Crippen LogP contribution in [0.4, 0.5) is 17.6 Å². The quantitative estimate of drug-likeness (QED) is 0.867. The van der Waals surface area contributed by atoms with Crippen LogP contribution in [-0.4, -0.2) is 59.3 Å². The predicted molar refractivity (Wildman–Crippen MR) is 92.3 cm³/mol. The average molecular weight is 329 g/mol. The Morgan fingerprint density at radius 2 is 1.92 bits per heavy atom. The van der Waals surface area contributed by atoms with Crippen LogP contribution in [0.1, 0.15) is 24.6 Å². The Morgan fingerprint density at radius 3 is 2.67 bits per heavy atom. The Morgan fingerprint density at radius 1 is 1.12 bits per heavy atom. The Kier molecular flexibility index (Phi) is 4.20. The molecule has 24 heavy (non-hydrogen) atoms. The van der Waals surface area contributed by atoms with E-state index in [1.54, 1.807) is 0 Å². The van der Waals surface area contributed by atoms with Crippen LogP contribution in [0.3, 0.4) is 0 Å². The zero-order valence-electron chi connectivity index (χ0n) is 13.7. The molecule has 0 saturated carbocycles. The number of H-pyrrole nitrogens is 1. The number of nitrogen functional groups attached to an aromatic ring is 1. The van der Waals surface area contributed by atoms with Crippen molar-refractivity contribution < 1.29 is 4.74 Å². The number of aromatic amines is 1. The van der Waals surface area contributed by atoms with Crippen molar-refractivity contribution in [3.63, 3.8) is 0 Å². The molecule has 2 fully saturated rings. The normalized spacial score (nSPS) is 21.9. The number of morpholine rings is 1. The summed E-state index contributed by atoms with van der Waals surface area (Å²) in [5.41, 5.74) is 5.98. The predicted octanol–water partition coefficient (Wildman–Crippen LogP) is 1.00. The number of imidazole rings is 1. The highest BCUT2D eigenvalue weighted by Gasteiger charge is 2.25. The second-order valence-corrected chi connectivity index (χ2v) is 6.30. The van der Waals surface area contributed by atoms with Gasteiger partial charge in [0, 0.05) is 50.6 Å². The van der Waals surface area contributed by atoms with Crippen molar-refractivity contribution in [1.29, 1.82) is 0 Å². The highest BCUT2D eigenvalue weighted by molar-refractivity contribution is 5.54. The molecule has 0 spiro atoms. The number of nitrogens with two attached hydrogens (primary N) is 1. The first-order valence-electron chi connectivity index (χ1n) is 8.51. The van der Waals surface area contributed by atoms with Crippen molar-refractivity contribution >= 4 is 17.6 Å². The lowest BCUT2D eigenvalue weighted by Crippen LogP contribution is -2.38. The van der Waals surface area contributed by atoms with Gasteiger partial charge in [-0.25, -0.2) is 4.98 Å². The summed E-state index contributed by atoms with van der Waals surface area (Å²) in [5.74, 6) is 3.57. The summed E-state index contributed by atoms with van der Waals surface area (Å²) < 4.78 is 5.42. The molecule has 128 valence electrons. The minimum atomic E-state index is 0.328. The molecule has 8 nitrogen and oxygen atoms in total. The molecule has 0 amide bonds. The Hall–Kier alpha value is -2.35. The molecule has 2 aromatic rings. The van der Waals surface area contributed by atoms with Gasteiger partial charge in [0.05, 0.1) is 13.2 Å². The van der Waals surface area contributed by atoms with Gasteiger partial charge in [0.2, 0.25) is 5.95 Å². The van der Waals surface area contributed by atoms with Gasteiger partial charge in [-0.05, 0) is 12.8 Å². The van der Waals surface area contributed by atoms with Gasteiger partial charge in [-0.15, -0.1) is 0 Å². The second kappa shape index (κ2) is 6.64. The molecule has 2 aromatic heterocycles. The van der Waals surface area contributed by atoms with E-state index in [4.69, 9.17) is 10.5 Å². The second-order valence-electron chi connectivity index (χ2n) is 6.30. The van der Waals surface area contributed by atoms with Crippen molar-refractivity contribution in [3.8, 4) is 0 Å². The minimum absolute atomic E-state index is 0.328. The number of hydrogen-bond donors (Lipinski definition) is 2. The maximum Gasteiger partial charge on any atom is 0.223 e. The lowest BCUT2D eigenvalue weighted by atomic mass is 9.97. The van der Waals surface area contributed by atoms with Crippen molar-refractivity contribution in [3.05, 3.63) is 24.3 Å². The summed E-state index contributed by atoms with van der Waals surface area (Å²) in [6.45, 7) is 5.01. The largest absolute Gasteiger partial charge is 0.378 e. The summed E-state index contributed by atoms with van der Waals surface area (Å²) in [6, 6.07) is 2.05. The molecular formula is C16H23N7O. The maximum atomic E-state index is 5.98. The summed E-state index contributed by atoms with van der Waals surface area (Å²) >= 11 is 0. The summed E-state index contributed by atoms with van der Waals surface area (Å²) in [6.07, 6.45) is 5.95. The molecule has 2 aliphatic rings. The number of anilines is 3. The SMILES string of the molecule is Nc1nc(N2CCOCC2)cc(N2CCC[C@@H](c3ncc[nH]3)C2)n1. The van der Waals surface area contributed by atoms with Gasteiger partial charge < -0.3 is 25.3 Å². The maximum absolute atomic E-state index is 5.98. The fraction of sp³-hybridized carbons (Fsp3) is 0.562. The van der Waals surface area contributed by atoms with Gasteiger partial charge >= 0.3 is 0 Å². The third kappa shape index (κ3) is 3.14. The molecule has 2 aliphatic heterocycles. The van der Waals surface area contributed by atoms with Crippen molar-refractivity contribution in [2.75, 3.05) is 54.9 Å². The fourth-order valence-corrected chi connectivity index (χ4v) is 3.47. The van der Waals surface area contributed by atoms with Gasteiger partial charge in [0.15, 0.2) is 0 Å². The van der Waals surface area contributed by atoms with Gasteiger partial charge in [0.25, 0.3) is 0 Å². The molecule has 0 radical (unpaired) electrons. The van der Waals surface area contributed by atoms with Crippen LogP contribution in [0, 0.1) is 0 Å². The van der Waals surface area contributed by atoms with Gasteiger partial charge in [-0.1, -0.05) is 0 Å². The van der Waals surface area contributed by atoms with Crippen LogP contribution >= 0.6 is 0 Å². The van der Waals surface area contributed by atoms with E-state index in [0.29, 0.717) is 11.9 Å². The van der Waals surface area contributed by atoms with E-state index < -0.39 is 0 Å². The van der Waals surface area contributed by atoms with E-state index >= 15 is 0 Å². The molecule has 8 heteroatoms. The van der Waals surface area contributed by atoms with Crippen LogP contribution in [-0.2, 0) is 4.74 Å². The fourth-order valence-electron chi connectivity index (χ4n) is 3.47. The number of nitrogens with zero attached hydrogens (tertiary/aromatic N) is 5. The van der Waals surface area contributed by atoms with Crippen LogP contribution < -0.4 is 15.5 Å². The summed E-state index contributed by atoms with van der Waals surface area (Å²) in [4.78, 5) is 21.0. The van der Waals surface area contributed by atoms with Gasteiger partial charge in [-0.2, -0.15) is 9.97 Å². The van der Waals surface area contributed by atoms with E-state index in [0.717, 1.165) is 69.7 Å². The van der Waals surface area contributed by atoms with E-state index in [9.17, 15) is 0 Å². The lowest BCUT2D eigenvalue weighted by molar-refractivity contribution is 0.122. The molecule has 0 aromatic carbocycles. The first kappa shape index (κ1) is 15.2. The van der Waals surface area contributed by atoms with Crippen LogP contribution in [0.25, 0.3) is 0 Å². The summed E-state index contributed by atoms with van der Waals surface area (Å²) in [7, 11) is 0. The van der Waals surface area contributed by atoms with Crippen molar-refractivity contribution in [2.45, 2.75) is 18.8 Å². The van der Waals surface area contributed by atoms with Gasteiger partial charge in [0.1, 0.15) is 17.5 Å². The van der Waals surface area contributed by atoms with Crippen molar-refractivity contribution in [2.24, 2.45) is 0 Å². The molecule has 2 saturated heterocycles. The summed E-state index contributed by atoms with van der Waals surface area (Å²) in [5, 5.41) is 0. The Bertz CT molecular complexity index is 669. The third-order valence-electron chi connectivity index (χ3n) is 4.70. The first-order chi connectivity index (χ1) is 11.8. The highest BCUT2D eigenvalue weighted by atomic mass is 16.5. The van der Waals surface area contributed by atoms with E-state index in [1.165, 1.54) is 0 Å². The lowest BCUT2D eigenvalue weighted by Gasteiger charge is -2.34. The number of nitrogens with one attached hydrogen (secondary N) is 1. The van der Waals surface area contributed by atoms with E-state index in [1.807, 2.05) is 18.5 Å². The topological polar surface area (TPSA) is 96.2 Å².